The Morgan fingerprint density at radius 1 is 1.26 bits per heavy atom. The zero-order valence-corrected chi connectivity index (χ0v) is 12.1. The van der Waals surface area contributed by atoms with Gasteiger partial charge in [0.25, 0.3) is 0 Å². The van der Waals surface area contributed by atoms with Crippen molar-refractivity contribution in [2.75, 3.05) is 5.73 Å². The van der Waals surface area contributed by atoms with E-state index >= 15 is 0 Å². The average molecular weight is 286 g/mol. The molecule has 0 saturated heterocycles. The number of anilines is 1. The maximum atomic E-state index is 5.88. The Morgan fingerprint density at radius 3 is 3.00 bits per heavy atom. The minimum Gasteiger partial charge on any atom is -0.375 e. The quantitative estimate of drug-likeness (QED) is 0.774. The number of nitrogen functional groups attached to an aromatic ring is 1. The molecule has 2 aromatic heterocycles. The number of fused-ring (bicyclic) bond motifs is 1. The van der Waals surface area contributed by atoms with Crippen LogP contribution >= 0.6 is 22.7 Å². The van der Waals surface area contributed by atoms with Crippen LogP contribution in [-0.4, -0.2) is 4.98 Å². The molecule has 0 bridgehead atoms. The van der Waals surface area contributed by atoms with E-state index in [9.17, 15) is 0 Å². The van der Waals surface area contributed by atoms with Crippen molar-refractivity contribution < 1.29 is 0 Å². The van der Waals surface area contributed by atoms with Gasteiger partial charge in [-0.25, -0.2) is 4.98 Å². The summed E-state index contributed by atoms with van der Waals surface area (Å²) < 4.78 is 1.36. The summed E-state index contributed by atoms with van der Waals surface area (Å²) in [4.78, 5) is 5.88. The highest BCUT2D eigenvalue weighted by atomic mass is 32.1. The lowest BCUT2D eigenvalue weighted by atomic mass is 10.1. The third-order valence-electron chi connectivity index (χ3n) is 3.59. The standard InChI is InChI=1S/C15H14N2S2/c16-15-17-14(10-2-3-10)13(19-15)8-9-1-4-12-11(7-9)5-6-18-12/h1,4-7,10H,2-3,8H2,(H2,16,17). The normalized spacial score (nSPS) is 15.2. The second-order valence-electron chi connectivity index (χ2n) is 5.10. The van der Waals surface area contributed by atoms with Gasteiger partial charge >= 0.3 is 0 Å². The van der Waals surface area contributed by atoms with E-state index in [1.807, 2.05) is 0 Å². The monoisotopic (exact) mass is 286 g/mol. The largest absolute Gasteiger partial charge is 0.375 e. The lowest BCUT2D eigenvalue weighted by Crippen LogP contribution is -1.91. The molecule has 2 nitrogen and oxygen atoms in total. The molecule has 4 rings (SSSR count). The maximum absolute atomic E-state index is 5.88. The molecule has 2 N–H and O–H groups in total. The molecule has 1 fully saturated rings. The van der Waals surface area contributed by atoms with E-state index in [1.54, 1.807) is 22.7 Å². The molecule has 0 radical (unpaired) electrons. The van der Waals surface area contributed by atoms with Gasteiger partial charge < -0.3 is 5.73 Å². The molecule has 0 aliphatic heterocycles. The average Bonchev–Trinajstić information content (AvgIpc) is 3.02. The Labute approximate surface area is 119 Å². The van der Waals surface area contributed by atoms with E-state index in [1.165, 1.54) is 39.1 Å². The van der Waals surface area contributed by atoms with Crippen LogP contribution in [0.5, 0.6) is 0 Å². The summed E-state index contributed by atoms with van der Waals surface area (Å²) in [7, 11) is 0. The molecular weight excluding hydrogens is 272 g/mol. The fourth-order valence-electron chi connectivity index (χ4n) is 2.50. The van der Waals surface area contributed by atoms with Crippen LogP contribution in [0.1, 0.15) is 34.9 Å². The zero-order chi connectivity index (χ0) is 12.8. The second kappa shape index (κ2) is 4.32. The van der Waals surface area contributed by atoms with Crippen LogP contribution in [-0.2, 0) is 6.42 Å². The van der Waals surface area contributed by atoms with E-state index in [0.29, 0.717) is 11.0 Å². The first-order valence-electron chi connectivity index (χ1n) is 6.51. The molecular formula is C15H14N2S2. The summed E-state index contributed by atoms with van der Waals surface area (Å²) >= 11 is 3.45. The Hall–Kier alpha value is -1.39. The number of benzene rings is 1. The Morgan fingerprint density at radius 2 is 2.16 bits per heavy atom. The Balaban J connectivity index is 1.69. The molecule has 96 valence electrons. The lowest BCUT2D eigenvalue weighted by Gasteiger charge is -2.02. The Kier molecular flexibility index (Phi) is 2.60. The molecule has 0 atom stereocenters. The third-order valence-corrected chi connectivity index (χ3v) is 5.39. The second-order valence-corrected chi connectivity index (χ2v) is 7.17. The molecule has 1 saturated carbocycles. The van der Waals surface area contributed by atoms with Gasteiger partial charge in [-0.1, -0.05) is 6.07 Å². The number of nitrogens with zero attached hydrogens (tertiary/aromatic N) is 1. The van der Waals surface area contributed by atoms with Crippen molar-refractivity contribution in [2.45, 2.75) is 25.2 Å². The van der Waals surface area contributed by atoms with Gasteiger partial charge in [-0.3, -0.25) is 0 Å². The van der Waals surface area contributed by atoms with Crippen LogP contribution in [0.2, 0.25) is 0 Å². The molecule has 1 aromatic carbocycles. The minimum atomic E-state index is 0.674. The fourth-order valence-corrected chi connectivity index (χ4v) is 4.22. The molecule has 0 spiro atoms. The Bertz CT molecular complexity index is 738. The van der Waals surface area contributed by atoms with Gasteiger partial charge in [0.1, 0.15) is 0 Å². The number of thiazole rings is 1. The minimum absolute atomic E-state index is 0.674. The van der Waals surface area contributed by atoms with Gasteiger partial charge in [-0.15, -0.1) is 22.7 Å². The van der Waals surface area contributed by atoms with Gasteiger partial charge in [-0.2, -0.15) is 0 Å². The first-order valence-corrected chi connectivity index (χ1v) is 8.20. The highest BCUT2D eigenvalue weighted by Gasteiger charge is 2.29. The highest BCUT2D eigenvalue weighted by Crippen LogP contribution is 2.43. The van der Waals surface area contributed by atoms with E-state index in [2.05, 4.69) is 34.6 Å². The molecule has 0 unspecified atom stereocenters. The van der Waals surface area contributed by atoms with Crippen molar-refractivity contribution in [3.63, 3.8) is 0 Å². The van der Waals surface area contributed by atoms with Gasteiger partial charge in [0.2, 0.25) is 0 Å². The van der Waals surface area contributed by atoms with Gasteiger partial charge in [0.05, 0.1) is 5.69 Å². The van der Waals surface area contributed by atoms with Crippen LogP contribution in [0.15, 0.2) is 29.6 Å². The van der Waals surface area contributed by atoms with Crippen molar-refractivity contribution >= 4 is 37.9 Å². The number of nitrogens with two attached hydrogens (primary N) is 1. The van der Waals surface area contributed by atoms with Gasteiger partial charge in [-0.05, 0) is 47.4 Å². The van der Waals surface area contributed by atoms with Crippen molar-refractivity contribution in [1.82, 2.24) is 4.98 Å². The van der Waals surface area contributed by atoms with E-state index in [4.69, 9.17) is 5.73 Å². The molecule has 19 heavy (non-hydrogen) atoms. The van der Waals surface area contributed by atoms with E-state index < -0.39 is 0 Å². The number of hydrogen-bond acceptors (Lipinski definition) is 4. The summed E-state index contributed by atoms with van der Waals surface area (Å²) in [6, 6.07) is 8.92. The summed E-state index contributed by atoms with van der Waals surface area (Å²) in [5, 5.41) is 4.20. The predicted octanol–water partition coefficient (Wildman–Crippen LogP) is 4.41. The number of hydrogen-bond donors (Lipinski definition) is 1. The molecule has 2 heterocycles. The molecule has 3 aromatic rings. The summed E-state index contributed by atoms with van der Waals surface area (Å²) in [6.45, 7) is 0. The van der Waals surface area contributed by atoms with Crippen LogP contribution in [0.4, 0.5) is 5.13 Å². The lowest BCUT2D eigenvalue weighted by molar-refractivity contribution is 1.01. The van der Waals surface area contributed by atoms with Crippen molar-refractivity contribution in [3.05, 3.63) is 45.8 Å². The predicted molar refractivity (Wildman–Crippen MR) is 83.1 cm³/mol. The van der Waals surface area contributed by atoms with Gasteiger partial charge in [0, 0.05) is 21.9 Å². The summed E-state index contributed by atoms with van der Waals surface area (Å²) in [5.41, 5.74) is 8.50. The van der Waals surface area contributed by atoms with Gasteiger partial charge in [0.15, 0.2) is 5.13 Å². The molecule has 0 amide bonds. The molecule has 1 aliphatic carbocycles. The fraction of sp³-hybridized carbons (Fsp3) is 0.267. The maximum Gasteiger partial charge on any atom is 0.180 e. The van der Waals surface area contributed by atoms with Crippen molar-refractivity contribution in [1.29, 1.82) is 0 Å². The topological polar surface area (TPSA) is 38.9 Å². The number of thiophene rings is 1. The zero-order valence-electron chi connectivity index (χ0n) is 10.4. The summed E-state index contributed by atoms with van der Waals surface area (Å²) in [5.74, 6) is 0.674. The molecule has 4 heteroatoms. The van der Waals surface area contributed by atoms with E-state index in [0.717, 1.165) is 6.42 Å². The summed E-state index contributed by atoms with van der Waals surface area (Å²) in [6.07, 6.45) is 3.52. The van der Waals surface area contributed by atoms with Crippen molar-refractivity contribution in [3.8, 4) is 0 Å². The molecule has 1 aliphatic rings. The smallest absolute Gasteiger partial charge is 0.180 e. The van der Waals surface area contributed by atoms with Crippen LogP contribution in [0.3, 0.4) is 0 Å². The first kappa shape index (κ1) is 11.4. The first-order chi connectivity index (χ1) is 9.29. The van der Waals surface area contributed by atoms with Crippen LogP contribution in [0.25, 0.3) is 10.1 Å². The van der Waals surface area contributed by atoms with Crippen molar-refractivity contribution in [2.24, 2.45) is 0 Å². The van der Waals surface area contributed by atoms with Crippen LogP contribution in [0, 0.1) is 0 Å². The number of rotatable bonds is 3. The third kappa shape index (κ3) is 2.15. The van der Waals surface area contributed by atoms with Crippen LogP contribution < -0.4 is 5.73 Å². The number of aromatic nitrogens is 1. The highest BCUT2D eigenvalue weighted by molar-refractivity contribution is 7.17. The van der Waals surface area contributed by atoms with E-state index in [-0.39, 0.29) is 0 Å². The SMILES string of the molecule is Nc1nc(C2CC2)c(Cc2ccc3sccc3c2)s1.